The van der Waals surface area contributed by atoms with Gasteiger partial charge < -0.3 is 15.4 Å². The van der Waals surface area contributed by atoms with Crippen LogP contribution in [0.1, 0.15) is 17.7 Å². The fourth-order valence-corrected chi connectivity index (χ4v) is 1.50. The number of methoxy groups -OCH3 is 1. The van der Waals surface area contributed by atoms with E-state index in [0.29, 0.717) is 26.2 Å². The lowest BCUT2D eigenvalue weighted by molar-refractivity contribution is -0.120. The Kier molecular flexibility index (Phi) is 6.98. The number of nitrogens with zero attached hydrogens (tertiary/aromatic N) is 1. The third kappa shape index (κ3) is 5.75. The van der Waals surface area contributed by atoms with Gasteiger partial charge in [-0.3, -0.25) is 9.78 Å². The second kappa shape index (κ2) is 8.60. The Hall–Kier alpha value is -1.46. The number of rotatable bonds is 8. The van der Waals surface area contributed by atoms with Gasteiger partial charge in [0.15, 0.2) is 0 Å². The van der Waals surface area contributed by atoms with E-state index in [1.807, 2.05) is 19.1 Å². The number of aryl methyl sites for hydroxylation is 1. The van der Waals surface area contributed by atoms with Crippen LogP contribution in [0.4, 0.5) is 0 Å². The molecule has 0 aromatic carbocycles. The molecule has 0 aliphatic heterocycles. The average Bonchev–Trinajstić information content (AvgIpc) is 2.37. The fraction of sp³-hybridized carbons (Fsp3) is 0.538. The first kappa shape index (κ1) is 14.6. The van der Waals surface area contributed by atoms with Gasteiger partial charge in [-0.25, -0.2) is 0 Å². The molecular weight excluding hydrogens is 230 g/mol. The molecule has 18 heavy (non-hydrogen) atoms. The van der Waals surface area contributed by atoms with Crippen molar-refractivity contribution in [2.75, 3.05) is 26.8 Å². The van der Waals surface area contributed by atoms with E-state index in [-0.39, 0.29) is 5.91 Å². The summed E-state index contributed by atoms with van der Waals surface area (Å²) in [5.74, 6) is -0.000290. The number of aromatic nitrogens is 1. The van der Waals surface area contributed by atoms with Crippen molar-refractivity contribution in [3.8, 4) is 0 Å². The zero-order valence-corrected chi connectivity index (χ0v) is 11.0. The van der Waals surface area contributed by atoms with Gasteiger partial charge in [0.25, 0.3) is 0 Å². The Balaban J connectivity index is 2.14. The van der Waals surface area contributed by atoms with Gasteiger partial charge in [-0.15, -0.1) is 0 Å². The Morgan fingerprint density at radius 3 is 3.06 bits per heavy atom. The van der Waals surface area contributed by atoms with Crippen LogP contribution in [0.15, 0.2) is 18.3 Å². The van der Waals surface area contributed by atoms with Gasteiger partial charge >= 0.3 is 0 Å². The molecular formula is C13H21N3O2. The maximum Gasteiger partial charge on any atom is 0.233 e. The van der Waals surface area contributed by atoms with E-state index < -0.39 is 0 Å². The molecule has 0 fully saturated rings. The monoisotopic (exact) mass is 251 g/mol. The number of pyridine rings is 1. The third-order valence-corrected chi connectivity index (χ3v) is 2.54. The van der Waals surface area contributed by atoms with Crippen LogP contribution in [-0.2, 0) is 16.1 Å². The van der Waals surface area contributed by atoms with Crippen molar-refractivity contribution in [2.24, 2.45) is 0 Å². The van der Waals surface area contributed by atoms with Crippen LogP contribution >= 0.6 is 0 Å². The molecule has 1 rings (SSSR count). The van der Waals surface area contributed by atoms with Crippen molar-refractivity contribution in [2.45, 2.75) is 19.9 Å². The molecule has 0 aliphatic carbocycles. The van der Waals surface area contributed by atoms with Gasteiger partial charge in [-0.2, -0.15) is 0 Å². The molecule has 0 aliphatic rings. The minimum absolute atomic E-state index is 0.000290. The maximum absolute atomic E-state index is 11.4. The summed E-state index contributed by atoms with van der Waals surface area (Å²) in [6.07, 6.45) is 2.59. The quantitative estimate of drug-likeness (QED) is 0.665. The van der Waals surface area contributed by atoms with E-state index in [1.54, 1.807) is 13.3 Å². The van der Waals surface area contributed by atoms with E-state index in [2.05, 4.69) is 15.6 Å². The van der Waals surface area contributed by atoms with Gasteiger partial charge in [0.1, 0.15) is 0 Å². The molecule has 1 aromatic rings. The number of carbonyl (C=O) groups excluding carboxylic acids is 1. The van der Waals surface area contributed by atoms with Crippen LogP contribution in [0.25, 0.3) is 0 Å². The maximum atomic E-state index is 11.4. The second-order valence-electron chi connectivity index (χ2n) is 4.07. The molecule has 0 atom stereocenters. The summed E-state index contributed by atoms with van der Waals surface area (Å²) < 4.78 is 4.90. The first-order chi connectivity index (χ1) is 8.74. The van der Waals surface area contributed by atoms with Crippen molar-refractivity contribution in [3.05, 3.63) is 29.6 Å². The average molecular weight is 251 g/mol. The standard InChI is InChI=1S/C13H21N3O2/c1-11-5-3-6-15-12(11)9-14-10-13(17)16-7-4-8-18-2/h3,5-6,14H,4,7-10H2,1-2H3,(H,16,17). The fourth-order valence-electron chi connectivity index (χ4n) is 1.50. The van der Waals surface area contributed by atoms with E-state index in [1.165, 1.54) is 0 Å². The summed E-state index contributed by atoms with van der Waals surface area (Å²) in [6, 6.07) is 3.91. The third-order valence-electron chi connectivity index (χ3n) is 2.54. The van der Waals surface area contributed by atoms with E-state index >= 15 is 0 Å². The summed E-state index contributed by atoms with van der Waals surface area (Å²) in [7, 11) is 1.65. The molecule has 5 heteroatoms. The highest BCUT2D eigenvalue weighted by atomic mass is 16.5. The number of nitrogens with one attached hydrogen (secondary N) is 2. The largest absolute Gasteiger partial charge is 0.385 e. The van der Waals surface area contributed by atoms with Crippen LogP contribution in [-0.4, -0.2) is 37.7 Å². The van der Waals surface area contributed by atoms with Gasteiger partial charge in [0.2, 0.25) is 5.91 Å². The van der Waals surface area contributed by atoms with Crippen LogP contribution in [0.3, 0.4) is 0 Å². The van der Waals surface area contributed by atoms with Gasteiger partial charge in [0.05, 0.1) is 12.2 Å². The molecule has 1 heterocycles. The SMILES string of the molecule is COCCCNC(=O)CNCc1ncccc1C. The minimum atomic E-state index is -0.000290. The highest BCUT2D eigenvalue weighted by molar-refractivity contribution is 5.77. The van der Waals surface area contributed by atoms with Crippen molar-refractivity contribution in [3.63, 3.8) is 0 Å². The summed E-state index contributed by atoms with van der Waals surface area (Å²) in [5.41, 5.74) is 2.11. The van der Waals surface area contributed by atoms with Crippen molar-refractivity contribution in [1.29, 1.82) is 0 Å². The van der Waals surface area contributed by atoms with Crippen LogP contribution in [0.5, 0.6) is 0 Å². The van der Waals surface area contributed by atoms with E-state index in [4.69, 9.17) is 4.74 Å². The molecule has 0 radical (unpaired) electrons. The molecule has 1 aromatic heterocycles. The predicted octanol–water partition coefficient (Wildman–Crippen LogP) is 0.632. The summed E-state index contributed by atoms with van der Waals surface area (Å²) in [4.78, 5) is 15.7. The zero-order valence-electron chi connectivity index (χ0n) is 11.0. The Morgan fingerprint density at radius 1 is 1.50 bits per heavy atom. The Morgan fingerprint density at radius 2 is 2.33 bits per heavy atom. The number of hydrogen-bond donors (Lipinski definition) is 2. The lowest BCUT2D eigenvalue weighted by atomic mass is 10.2. The summed E-state index contributed by atoms with van der Waals surface area (Å²) in [5, 5.41) is 5.89. The van der Waals surface area contributed by atoms with Crippen molar-refractivity contribution in [1.82, 2.24) is 15.6 Å². The summed E-state index contributed by atoms with van der Waals surface area (Å²) >= 11 is 0. The first-order valence-electron chi connectivity index (χ1n) is 6.11. The number of hydrogen-bond acceptors (Lipinski definition) is 4. The van der Waals surface area contributed by atoms with Gasteiger partial charge in [0, 0.05) is 33.0 Å². The topological polar surface area (TPSA) is 63.2 Å². The lowest BCUT2D eigenvalue weighted by Gasteiger charge is -2.07. The van der Waals surface area contributed by atoms with Crippen molar-refractivity contribution >= 4 is 5.91 Å². The Bertz CT molecular complexity index is 369. The number of carbonyl (C=O) groups is 1. The predicted molar refractivity (Wildman–Crippen MR) is 70.2 cm³/mol. The molecule has 100 valence electrons. The van der Waals surface area contributed by atoms with Crippen molar-refractivity contribution < 1.29 is 9.53 Å². The van der Waals surface area contributed by atoms with Gasteiger partial charge in [-0.05, 0) is 25.0 Å². The highest BCUT2D eigenvalue weighted by Crippen LogP contribution is 2.01. The summed E-state index contributed by atoms with van der Waals surface area (Å²) in [6.45, 7) is 4.24. The normalized spacial score (nSPS) is 10.3. The first-order valence-corrected chi connectivity index (χ1v) is 6.11. The highest BCUT2D eigenvalue weighted by Gasteiger charge is 2.02. The van der Waals surface area contributed by atoms with Gasteiger partial charge in [-0.1, -0.05) is 6.07 Å². The molecule has 0 saturated carbocycles. The van der Waals surface area contributed by atoms with E-state index in [9.17, 15) is 4.79 Å². The lowest BCUT2D eigenvalue weighted by Crippen LogP contribution is -2.34. The Labute approximate surface area is 108 Å². The van der Waals surface area contributed by atoms with E-state index in [0.717, 1.165) is 17.7 Å². The van der Waals surface area contributed by atoms with Crippen LogP contribution in [0.2, 0.25) is 0 Å². The molecule has 0 unspecified atom stereocenters. The zero-order chi connectivity index (χ0) is 13.2. The molecule has 0 spiro atoms. The smallest absolute Gasteiger partial charge is 0.233 e. The van der Waals surface area contributed by atoms with Crippen LogP contribution < -0.4 is 10.6 Å². The minimum Gasteiger partial charge on any atom is -0.385 e. The molecule has 0 bridgehead atoms. The molecule has 1 amide bonds. The van der Waals surface area contributed by atoms with Crippen LogP contribution in [0, 0.1) is 6.92 Å². The molecule has 0 saturated heterocycles. The number of ether oxygens (including phenoxy) is 1. The number of amides is 1. The molecule has 5 nitrogen and oxygen atoms in total. The second-order valence-corrected chi connectivity index (χ2v) is 4.07. The molecule has 2 N–H and O–H groups in total.